The minimum atomic E-state index is -1.71. The first-order valence-corrected chi connectivity index (χ1v) is 6.11. The van der Waals surface area contributed by atoms with Crippen molar-refractivity contribution in [2.24, 2.45) is 0 Å². The van der Waals surface area contributed by atoms with Crippen LogP contribution in [0.4, 0.5) is 0 Å². The van der Waals surface area contributed by atoms with Gasteiger partial charge in [0.2, 0.25) is 0 Å². The third-order valence-electron chi connectivity index (χ3n) is 3.55. The lowest BCUT2D eigenvalue weighted by Gasteiger charge is -2.29. The average Bonchev–Trinajstić information content (AvgIpc) is 2.51. The van der Waals surface area contributed by atoms with Crippen molar-refractivity contribution >= 4 is 0 Å². The number of aliphatic hydroxyl groups is 2. The van der Waals surface area contributed by atoms with E-state index in [2.05, 4.69) is 4.98 Å². The normalized spacial score (nSPS) is 37.2. The van der Waals surface area contributed by atoms with Gasteiger partial charge >= 0.3 is 5.69 Å². The van der Waals surface area contributed by atoms with Crippen LogP contribution in [-0.4, -0.2) is 50.8 Å². The molecule has 4 unspecified atom stereocenters. The highest BCUT2D eigenvalue weighted by Gasteiger charge is 2.59. The van der Waals surface area contributed by atoms with Gasteiger partial charge in [-0.25, -0.2) is 4.79 Å². The van der Waals surface area contributed by atoms with Crippen LogP contribution in [0.1, 0.15) is 20.1 Å². The standard InChI is InChI=1S/C12H18N2O6/c1-11(6-19-3)8(16)12(2,18)9(20-11)14-5-4-7(15)13-10(14)17/h4-5,8-9,16,18H,6H2,1-3H3,(H,13,15,17). The fourth-order valence-electron chi connectivity index (χ4n) is 2.54. The number of nitrogens with zero attached hydrogens (tertiary/aromatic N) is 1. The molecule has 1 aromatic rings. The second-order valence-corrected chi connectivity index (χ2v) is 5.36. The van der Waals surface area contributed by atoms with Crippen molar-refractivity contribution in [2.75, 3.05) is 13.7 Å². The van der Waals surface area contributed by atoms with E-state index in [0.29, 0.717) is 0 Å². The molecule has 0 bridgehead atoms. The third kappa shape index (κ3) is 2.20. The predicted molar refractivity (Wildman–Crippen MR) is 68.4 cm³/mol. The van der Waals surface area contributed by atoms with Gasteiger partial charge in [0.05, 0.1) is 6.61 Å². The first-order chi connectivity index (χ1) is 9.22. The molecular formula is C12H18N2O6. The summed E-state index contributed by atoms with van der Waals surface area (Å²) in [5, 5.41) is 20.7. The Labute approximate surface area is 114 Å². The summed E-state index contributed by atoms with van der Waals surface area (Å²) in [5.74, 6) is 0. The van der Waals surface area contributed by atoms with Crippen LogP contribution in [-0.2, 0) is 9.47 Å². The monoisotopic (exact) mass is 286 g/mol. The summed E-state index contributed by atoms with van der Waals surface area (Å²) < 4.78 is 11.7. The van der Waals surface area contributed by atoms with Crippen molar-refractivity contribution < 1.29 is 19.7 Å². The molecule has 1 aliphatic rings. The molecule has 3 N–H and O–H groups in total. The second kappa shape index (κ2) is 4.81. The smallest absolute Gasteiger partial charge is 0.330 e. The molecule has 112 valence electrons. The van der Waals surface area contributed by atoms with Crippen LogP contribution in [0.15, 0.2) is 21.9 Å². The van der Waals surface area contributed by atoms with Gasteiger partial charge in [0.15, 0.2) is 6.23 Å². The number of ether oxygens (including phenoxy) is 2. The fraction of sp³-hybridized carbons (Fsp3) is 0.667. The Bertz CT molecular complexity index is 606. The van der Waals surface area contributed by atoms with Crippen LogP contribution in [0.25, 0.3) is 0 Å². The number of methoxy groups -OCH3 is 1. The van der Waals surface area contributed by atoms with E-state index >= 15 is 0 Å². The van der Waals surface area contributed by atoms with Gasteiger partial charge in [0, 0.05) is 19.4 Å². The molecule has 1 saturated heterocycles. The van der Waals surface area contributed by atoms with Gasteiger partial charge in [-0.2, -0.15) is 0 Å². The summed E-state index contributed by atoms with van der Waals surface area (Å²) in [7, 11) is 1.44. The average molecular weight is 286 g/mol. The molecule has 8 heteroatoms. The molecule has 1 fully saturated rings. The molecule has 1 aromatic heterocycles. The molecule has 2 heterocycles. The second-order valence-electron chi connectivity index (χ2n) is 5.36. The van der Waals surface area contributed by atoms with Crippen molar-refractivity contribution in [1.82, 2.24) is 9.55 Å². The lowest BCUT2D eigenvalue weighted by molar-refractivity contribution is -0.127. The predicted octanol–water partition coefficient (Wildman–Crippen LogP) is -1.42. The number of rotatable bonds is 3. The first kappa shape index (κ1) is 14.9. The number of aliphatic hydroxyl groups excluding tert-OH is 1. The zero-order valence-electron chi connectivity index (χ0n) is 11.5. The van der Waals surface area contributed by atoms with E-state index in [-0.39, 0.29) is 6.61 Å². The molecular weight excluding hydrogens is 268 g/mol. The van der Waals surface area contributed by atoms with Crippen LogP contribution in [0.3, 0.4) is 0 Å². The number of nitrogens with one attached hydrogen (secondary N) is 1. The fourth-order valence-corrected chi connectivity index (χ4v) is 2.54. The molecule has 1 aliphatic heterocycles. The minimum absolute atomic E-state index is 0.0406. The van der Waals surface area contributed by atoms with Gasteiger partial charge < -0.3 is 19.7 Å². The molecule has 0 amide bonds. The quantitative estimate of drug-likeness (QED) is 0.628. The Morgan fingerprint density at radius 1 is 1.50 bits per heavy atom. The zero-order chi connectivity index (χ0) is 15.1. The van der Waals surface area contributed by atoms with E-state index in [1.807, 2.05) is 0 Å². The summed E-state index contributed by atoms with van der Waals surface area (Å²) in [6.07, 6.45) is -1.19. The maximum absolute atomic E-state index is 11.8. The van der Waals surface area contributed by atoms with Crippen LogP contribution < -0.4 is 11.2 Å². The van der Waals surface area contributed by atoms with Crippen molar-refractivity contribution in [3.05, 3.63) is 33.1 Å². The van der Waals surface area contributed by atoms with E-state index < -0.39 is 34.8 Å². The number of aromatic amines is 1. The van der Waals surface area contributed by atoms with Gasteiger partial charge in [-0.3, -0.25) is 14.3 Å². The molecule has 4 atom stereocenters. The largest absolute Gasteiger partial charge is 0.387 e. The Morgan fingerprint density at radius 3 is 2.70 bits per heavy atom. The van der Waals surface area contributed by atoms with Crippen LogP contribution in [0.5, 0.6) is 0 Å². The lowest BCUT2D eigenvalue weighted by atomic mass is 9.89. The molecule has 0 saturated carbocycles. The minimum Gasteiger partial charge on any atom is -0.387 e. The van der Waals surface area contributed by atoms with Crippen molar-refractivity contribution in [3.63, 3.8) is 0 Å². The Balaban J connectivity index is 2.47. The van der Waals surface area contributed by atoms with Gasteiger partial charge in [-0.1, -0.05) is 0 Å². The highest BCUT2D eigenvalue weighted by Crippen LogP contribution is 2.43. The topological polar surface area (TPSA) is 114 Å². The summed E-state index contributed by atoms with van der Waals surface area (Å²) in [5.41, 5.74) is -4.16. The number of aromatic nitrogens is 2. The van der Waals surface area contributed by atoms with Crippen molar-refractivity contribution in [2.45, 2.75) is 37.4 Å². The van der Waals surface area contributed by atoms with E-state index in [4.69, 9.17) is 9.47 Å². The number of hydrogen-bond donors (Lipinski definition) is 3. The maximum atomic E-state index is 11.8. The first-order valence-electron chi connectivity index (χ1n) is 6.11. The van der Waals surface area contributed by atoms with E-state index in [1.165, 1.54) is 20.2 Å². The van der Waals surface area contributed by atoms with Crippen molar-refractivity contribution in [1.29, 1.82) is 0 Å². The maximum Gasteiger partial charge on any atom is 0.330 e. The Kier molecular flexibility index (Phi) is 3.59. The van der Waals surface area contributed by atoms with E-state index in [1.54, 1.807) is 6.92 Å². The van der Waals surface area contributed by atoms with Gasteiger partial charge in [0.1, 0.15) is 17.3 Å². The van der Waals surface area contributed by atoms with Crippen molar-refractivity contribution in [3.8, 4) is 0 Å². The van der Waals surface area contributed by atoms with Gasteiger partial charge in [-0.05, 0) is 13.8 Å². The Morgan fingerprint density at radius 2 is 2.15 bits per heavy atom. The highest BCUT2D eigenvalue weighted by molar-refractivity contribution is 5.06. The molecule has 0 aliphatic carbocycles. The summed E-state index contributed by atoms with van der Waals surface area (Å²) in [6, 6.07) is 1.14. The van der Waals surface area contributed by atoms with Crippen LogP contribution >= 0.6 is 0 Å². The molecule has 8 nitrogen and oxygen atoms in total. The van der Waals surface area contributed by atoms with E-state index in [9.17, 15) is 19.8 Å². The molecule has 0 spiro atoms. The SMILES string of the molecule is COCC1(C)OC(n2ccc(=O)[nH]c2=O)C(C)(O)C1O. The van der Waals surface area contributed by atoms with Crippen LogP contribution in [0, 0.1) is 0 Å². The van der Waals surface area contributed by atoms with Crippen LogP contribution in [0.2, 0.25) is 0 Å². The number of hydrogen-bond acceptors (Lipinski definition) is 6. The van der Waals surface area contributed by atoms with Gasteiger partial charge in [-0.15, -0.1) is 0 Å². The molecule has 0 aromatic carbocycles. The summed E-state index contributed by atoms with van der Waals surface area (Å²) in [6.45, 7) is 2.98. The summed E-state index contributed by atoms with van der Waals surface area (Å²) >= 11 is 0. The zero-order valence-corrected chi connectivity index (χ0v) is 11.5. The number of H-pyrrole nitrogens is 1. The Hall–Kier alpha value is -1.48. The lowest BCUT2D eigenvalue weighted by Crippen LogP contribution is -2.50. The summed E-state index contributed by atoms with van der Waals surface area (Å²) in [4.78, 5) is 24.9. The highest BCUT2D eigenvalue weighted by atomic mass is 16.6. The third-order valence-corrected chi connectivity index (χ3v) is 3.55. The molecule has 0 radical (unpaired) electrons. The van der Waals surface area contributed by atoms with E-state index in [0.717, 1.165) is 10.6 Å². The van der Waals surface area contributed by atoms with Gasteiger partial charge in [0.25, 0.3) is 5.56 Å². The molecule has 2 rings (SSSR count). The molecule has 20 heavy (non-hydrogen) atoms.